The SMILES string of the molecule is c1ccc(-n2c(-c3cccc(-c4cc(-n5c6ccccc6c6cnccc65)cc(-n5c6ccccc6c6cnccc65)c4)c3)nc3ccccc32)cc1. The highest BCUT2D eigenvalue weighted by Gasteiger charge is 2.19. The molecule has 53 heavy (non-hydrogen) atoms. The highest BCUT2D eigenvalue weighted by Crippen LogP contribution is 2.38. The van der Waals surface area contributed by atoms with Gasteiger partial charge in [-0.25, -0.2) is 4.98 Å². The molecule has 248 valence electrons. The van der Waals surface area contributed by atoms with Gasteiger partial charge in [0.25, 0.3) is 0 Å². The second kappa shape index (κ2) is 11.6. The number of rotatable bonds is 5. The molecule has 0 amide bonds. The minimum atomic E-state index is 0.903. The van der Waals surface area contributed by atoms with Crippen LogP contribution in [0.15, 0.2) is 183 Å². The van der Waals surface area contributed by atoms with Gasteiger partial charge in [-0.2, -0.15) is 0 Å². The summed E-state index contributed by atoms with van der Waals surface area (Å²) in [4.78, 5) is 14.2. The Kier molecular flexibility index (Phi) is 6.45. The summed E-state index contributed by atoms with van der Waals surface area (Å²) in [5, 5.41) is 4.60. The van der Waals surface area contributed by atoms with Gasteiger partial charge in [-0.3, -0.25) is 14.5 Å². The number of nitrogens with zero attached hydrogens (tertiary/aromatic N) is 6. The van der Waals surface area contributed by atoms with Gasteiger partial charge in [-0.1, -0.05) is 84.9 Å². The first-order valence-electron chi connectivity index (χ1n) is 17.8. The molecule has 11 rings (SSSR count). The fourth-order valence-corrected chi connectivity index (χ4v) is 8.10. The molecule has 6 aromatic carbocycles. The molecule has 0 N–H and O–H groups in total. The summed E-state index contributed by atoms with van der Waals surface area (Å²) < 4.78 is 7.00. The van der Waals surface area contributed by atoms with Crippen molar-refractivity contribution in [3.8, 4) is 39.6 Å². The summed E-state index contributed by atoms with van der Waals surface area (Å²) in [6.07, 6.45) is 7.71. The first-order valence-corrected chi connectivity index (χ1v) is 17.8. The van der Waals surface area contributed by atoms with E-state index in [0.29, 0.717) is 0 Å². The number of pyridine rings is 2. The maximum atomic E-state index is 5.19. The van der Waals surface area contributed by atoms with E-state index in [1.807, 2.05) is 30.9 Å². The molecule has 0 radical (unpaired) electrons. The average molecular weight is 679 g/mol. The van der Waals surface area contributed by atoms with Crippen molar-refractivity contribution in [1.29, 1.82) is 0 Å². The van der Waals surface area contributed by atoms with E-state index in [-0.39, 0.29) is 0 Å². The zero-order valence-corrected chi connectivity index (χ0v) is 28.5. The predicted molar refractivity (Wildman–Crippen MR) is 216 cm³/mol. The third-order valence-electron chi connectivity index (χ3n) is 10.4. The molecule has 11 aromatic rings. The number of hydrogen-bond acceptors (Lipinski definition) is 3. The van der Waals surface area contributed by atoms with Crippen LogP contribution in [-0.4, -0.2) is 28.7 Å². The topological polar surface area (TPSA) is 53.5 Å². The van der Waals surface area contributed by atoms with Gasteiger partial charge in [0.2, 0.25) is 0 Å². The second-order valence-corrected chi connectivity index (χ2v) is 13.4. The van der Waals surface area contributed by atoms with Crippen LogP contribution in [0.3, 0.4) is 0 Å². The zero-order valence-electron chi connectivity index (χ0n) is 28.5. The summed E-state index contributed by atoms with van der Waals surface area (Å²) in [6.45, 7) is 0. The maximum Gasteiger partial charge on any atom is 0.145 e. The molecule has 5 aromatic heterocycles. The van der Waals surface area contributed by atoms with Gasteiger partial charge in [0, 0.05) is 69.0 Å². The Bertz CT molecular complexity index is 2950. The highest BCUT2D eigenvalue weighted by molar-refractivity contribution is 6.10. The van der Waals surface area contributed by atoms with Crippen LogP contribution in [-0.2, 0) is 0 Å². The van der Waals surface area contributed by atoms with Crippen LogP contribution < -0.4 is 0 Å². The van der Waals surface area contributed by atoms with E-state index < -0.39 is 0 Å². The van der Waals surface area contributed by atoms with Gasteiger partial charge in [0.1, 0.15) is 5.82 Å². The summed E-state index contributed by atoms with van der Waals surface area (Å²) in [7, 11) is 0. The molecule has 0 aliphatic rings. The standard InChI is InChI=1S/C47H30N6/c1-2-13-34(14-3-1)53-46-20-9-6-17-41(46)50-47(53)32-12-10-11-31(25-32)33-26-35(51-42-18-7-4-15-37(42)39-29-48-23-21-44(39)51)28-36(27-33)52-43-19-8-5-16-38(43)40-30-49-24-22-45(40)52/h1-30H. The molecular weight excluding hydrogens is 649 g/mol. The fourth-order valence-electron chi connectivity index (χ4n) is 8.10. The number of imidazole rings is 1. The van der Waals surface area contributed by atoms with Crippen LogP contribution in [0, 0.1) is 0 Å². The fraction of sp³-hybridized carbons (Fsp3) is 0. The Balaban J connectivity index is 1.19. The number of hydrogen-bond donors (Lipinski definition) is 0. The van der Waals surface area contributed by atoms with Crippen LogP contribution in [0.2, 0.25) is 0 Å². The Hall–Kier alpha value is -7.31. The van der Waals surface area contributed by atoms with Gasteiger partial charge in [0.15, 0.2) is 0 Å². The number of fused-ring (bicyclic) bond motifs is 7. The molecular formula is C47H30N6. The van der Waals surface area contributed by atoms with Crippen LogP contribution in [0.4, 0.5) is 0 Å². The van der Waals surface area contributed by atoms with Crippen LogP contribution >= 0.6 is 0 Å². The minimum Gasteiger partial charge on any atom is -0.309 e. The lowest BCUT2D eigenvalue weighted by Gasteiger charge is -2.16. The normalized spacial score (nSPS) is 11.8. The number of para-hydroxylation sites is 5. The molecule has 0 spiro atoms. The molecule has 0 aliphatic carbocycles. The van der Waals surface area contributed by atoms with Crippen LogP contribution in [0.5, 0.6) is 0 Å². The van der Waals surface area contributed by atoms with Gasteiger partial charge in [-0.05, 0) is 83.9 Å². The maximum absolute atomic E-state index is 5.19. The van der Waals surface area contributed by atoms with Crippen molar-refractivity contribution in [3.63, 3.8) is 0 Å². The lowest BCUT2D eigenvalue weighted by Crippen LogP contribution is -2.00. The quantitative estimate of drug-likeness (QED) is 0.182. The van der Waals surface area contributed by atoms with Gasteiger partial charge in [0.05, 0.1) is 33.1 Å². The van der Waals surface area contributed by atoms with Crippen molar-refractivity contribution in [2.45, 2.75) is 0 Å². The van der Waals surface area contributed by atoms with E-state index in [1.165, 1.54) is 10.8 Å². The smallest absolute Gasteiger partial charge is 0.145 e. The number of aromatic nitrogens is 6. The molecule has 6 heteroatoms. The van der Waals surface area contributed by atoms with Gasteiger partial charge >= 0.3 is 0 Å². The summed E-state index contributed by atoms with van der Waals surface area (Å²) in [6, 6.07) is 55.9. The van der Waals surface area contributed by atoms with Crippen molar-refractivity contribution >= 4 is 54.6 Å². The largest absolute Gasteiger partial charge is 0.309 e. The Morgan fingerprint density at radius 1 is 0.340 bits per heavy atom. The lowest BCUT2D eigenvalue weighted by molar-refractivity contribution is 1.10. The van der Waals surface area contributed by atoms with Gasteiger partial charge < -0.3 is 9.13 Å². The second-order valence-electron chi connectivity index (χ2n) is 13.4. The van der Waals surface area contributed by atoms with E-state index in [9.17, 15) is 0 Å². The first-order chi connectivity index (χ1) is 26.3. The van der Waals surface area contributed by atoms with E-state index >= 15 is 0 Å². The van der Waals surface area contributed by atoms with Crippen molar-refractivity contribution < 1.29 is 0 Å². The molecule has 0 bridgehead atoms. The lowest BCUT2D eigenvalue weighted by atomic mass is 10.0. The summed E-state index contributed by atoms with van der Waals surface area (Å²) in [5.41, 5.74) is 13.0. The van der Waals surface area contributed by atoms with E-state index in [0.717, 1.165) is 83.4 Å². The van der Waals surface area contributed by atoms with Crippen LogP contribution in [0.25, 0.3) is 94.2 Å². The van der Waals surface area contributed by atoms with Crippen molar-refractivity contribution in [3.05, 3.63) is 183 Å². The molecule has 6 nitrogen and oxygen atoms in total. The molecule has 0 saturated carbocycles. The minimum absolute atomic E-state index is 0.903. The Labute approximate surface area is 304 Å². The Morgan fingerprint density at radius 2 is 0.887 bits per heavy atom. The first kappa shape index (κ1) is 29.4. The zero-order chi connectivity index (χ0) is 34.9. The molecule has 0 saturated heterocycles. The summed E-state index contributed by atoms with van der Waals surface area (Å²) >= 11 is 0. The third kappa shape index (κ3) is 4.56. The molecule has 0 aliphatic heterocycles. The molecule has 0 atom stereocenters. The van der Waals surface area contributed by atoms with Crippen molar-refractivity contribution in [1.82, 2.24) is 28.7 Å². The highest BCUT2D eigenvalue weighted by atomic mass is 15.1. The van der Waals surface area contributed by atoms with Gasteiger partial charge in [-0.15, -0.1) is 0 Å². The molecule has 5 heterocycles. The predicted octanol–water partition coefficient (Wildman–Crippen LogP) is 11.3. The van der Waals surface area contributed by atoms with E-state index in [1.54, 1.807) is 0 Å². The van der Waals surface area contributed by atoms with E-state index in [2.05, 4.69) is 175 Å². The third-order valence-corrected chi connectivity index (χ3v) is 10.4. The monoisotopic (exact) mass is 678 g/mol. The summed E-state index contributed by atoms with van der Waals surface area (Å²) in [5.74, 6) is 0.903. The van der Waals surface area contributed by atoms with Crippen LogP contribution in [0.1, 0.15) is 0 Å². The van der Waals surface area contributed by atoms with Crippen molar-refractivity contribution in [2.75, 3.05) is 0 Å². The average Bonchev–Trinajstić information content (AvgIpc) is 3.89. The van der Waals surface area contributed by atoms with Crippen molar-refractivity contribution in [2.24, 2.45) is 0 Å². The molecule has 0 fully saturated rings. The number of benzene rings is 6. The van der Waals surface area contributed by atoms with E-state index in [4.69, 9.17) is 4.98 Å². The molecule has 0 unspecified atom stereocenters. The Morgan fingerprint density at radius 3 is 1.55 bits per heavy atom.